The van der Waals surface area contributed by atoms with Gasteiger partial charge >= 0.3 is 0 Å². The van der Waals surface area contributed by atoms with Crippen LogP contribution in [0.3, 0.4) is 0 Å². The summed E-state index contributed by atoms with van der Waals surface area (Å²) in [6.45, 7) is 2.68. The Labute approximate surface area is 178 Å². The van der Waals surface area contributed by atoms with E-state index in [1.807, 2.05) is 31.2 Å². The van der Waals surface area contributed by atoms with Gasteiger partial charge in [-0.15, -0.1) is 0 Å². The average molecular weight is 433 g/mol. The number of hydrogen-bond donors (Lipinski definition) is 1. The molecule has 3 aromatic rings. The zero-order valence-electron chi connectivity index (χ0n) is 15.7. The number of rotatable bonds is 8. The fourth-order valence-corrected chi connectivity index (χ4v) is 2.96. The summed E-state index contributed by atoms with van der Waals surface area (Å²) in [5, 5.41) is 5.28. The maximum atomic E-state index is 12.9. The van der Waals surface area contributed by atoms with Crippen LogP contribution in [0.1, 0.15) is 18.1 Å². The molecule has 0 aliphatic rings. The molecule has 0 radical (unpaired) electrons. The van der Waals surface area contributed by atoms with Crippen molar-refractivity contribution in [2.45, 2.75) is 13.5 Å². The molecule has 0 aliphatic carbocycles. The molecular formula is C22H19Cl2FN2O2. The number of nitrogens with zero attached hydrogens (tertiary/aromatic N) is 1. The van der Waals surface area contributed by atoms with Crippen molar-refractivity contribution >= 4 is 35.1 Å². The molecule has 0 fully saturated rings. The highest BCUT2D eigenvalue weighted by molar-refractivity contribution is 6.35. The third-order valence-electron chi connectivity index (χ3n) is 3.92. The van der Waals surface area contributed by atoms with Crippen molar-refractivity contribution in [2.75, 3.05) is 12.0 Å². The van der Waals surface area contributed by atoms with Gasteiger partial charge in [0.2, 0.25) is 0 Å². The number of ether oxygens (including phenoxy) is 2. The van der Waals surface area contributed by atoms with E-state index in [0.717, 1.165) is 11.1 Å². The molecule has 0 unspecified atom stereocenters. The zero-order chi connectivity index (χ0) is 20.6. The highest BCUT2D eigenvalue weighted by Gasteiger charge is 2.08. The standard InChI is InChI=1S/C22H19Cl2FN2O2/c1-2-28-22-11-15(13-26-27-19-8-6-18(25)7-9-19)3-10-21(22)29-14-16-4-5-17(23)12-20(16)24/h3-13,27H,2,14H2,1H3/b26-13+. The summed E-state index contributed by atoms with van der Waals surface area (Å²) in [5.41, 5.74) is 5.18. The Bertz CT molecular complexity index is 995. The van der Waals surface area contributed by atoms with Crippen LogP contribution in [-0.4, -0.2) is 12.8 Å². The van der Waals surface area contributed by atoms with E-state index in [0.29, 0.717) is 33.8 Å². The molecule has 0 saturated heterocycles. The molecule has 4 nitrogen and oxygen atoms in total. The molecule has 0 heterocycles. The minimum Gasteiger partial charge on any atom is -0.490 e. The first-order valence-electron chi connectivity index (χ1n) is 8.93. The zero-order valence-corrected chi connectivity index (χ0v) is 17.2. The first kappa shape index (κ1) is 21.0. The predicted octanol–water partition coefficient (Wildman–Crippen LogP) is 6.56. The largest absolute Gasteiger partial charge is 0.490 e. The van der Waals surface area contributed by atoms with Gasteiger partial charge in [-0.2, -0.15) is 5.10 Å². The molecular weight excluding hydrogens is 414 g/mol. The number of halogens is 3. The summed E-state index contributed by atoms with van der Waals surface area (Å²) < 4.78 is 24.5. The topological polar surface area (TPSA) is 42.8 Å². The Morgan fingerprint density at radius 2 is 1.76 bits per heavy atom. The maximum absolute atomic E-state index is 12.9. The van der Waals surface area contributed by atoms with Crippen LogP contribution in [0, 0.1) is 5.82 Å². The summed E-state index contributed by atoms with van der Waals surface area (Å²) in [5.74, 6) is 0.904. The van der Waals surface area contributed by atoms with Crippen LogP contribution in [0.4, 0.5) is 10.1 Å². The molecule has 0 saturated carbocycles. The monoisotopic (exact) mass is 432 g/mol. The lowest BCUT2D eigenvalue weighted by Crippen LogP contribution is -2.01. The van der Waals surface area contributed by atoms with Crippen LogP contribution in [0.5, 0.6) is 11.5 Å². The summed E-state index contributed by atoms with van der Waals surface area (Å²) in [6, 6.07) is 16.7. The van der Waals surface area contributed by atoms with Crippen molar-refractivity contribution in [1.29, 1.82) is 0 Å². The van der Waals surface area contributed by atoms with Gasteiger partial charge < -0.3 is 9.47 Å². The Morgan fingerprint density at radius 3 is 2.48 bits per heavy atom. The summed E-state index contributed by atoms with van der Waals surface area (Å²) in [4.78, 5) is 0. The van der Waals surface area contributed by atoms with Crippen molar-refractivity contribution < 1.29 is 13.9 Å². The summed E-state index contributed by atoms with van der Waals surface area (Å²) in [6.07, 6.45) is 1.64. The second kappa shape index (κ2) is 10.1. The van der Waals surface area contributed by atoms with E-state index in [9.17, 15) is 4.39 Å². The minimum atomic E-state index is -0.295. The minimum absolute atomic E-state index is 0.287. The molecule has 7 heteroatoms. The van der Waals surface area contributed by atoms with Gasteiger partial charge in [-0.25, -0.2) is 4.39 Å². The van der Waals surface area contributed by atoms with Crippen molar-refractivity contribution in [3.63, 3.8) is 0 Å². The second-order valence-electron chi connectivity index (χ2n) is 6.04. The second-order valence-corrected chi connectivity index (χ2v) is 6.88. The molecule has 0 atom stereocenters. The molecule has 0 bridgehead atoms. The first-order chi connectivity index (χ1) is 14.0. The highest BCUT2D eigenvalue weighted by atomic mass is 35.5. The molecule has 150 valence electrons. The van der Waals surface area contributed by atoms with Crippen LogP contribution in [0.2, 0.25) is 10.0 Å². The molecule has 3 aromatic carbocycles. The van der Waals surface area contributed by atoms with Crippen LogP contribution >= 0.6 is 23.2 Å². The molecule has 0 aromatic heterocycles. The Balaban J connectivity index is 1.68. The van der Waals surface area contributed by atoms with E-state index in [4.69, 9.17) is 32.7 Å². The van der Waals surface area contributed by atoms with E-state index in [-0.39, 0.29) is 12.4 Å². The van der Waals surface area contributed by atoms with Gasteiger partial charge in [-0.1, -0.05) is 29.3 Å². The van der Waals surface area contributed by atoms with Gasteiger partial charge in [0.1, 0.15) is 12.4 Å². The highest BCUT2D eigenvalue weighted by Crippen LogP contribution is 2.30. The van der Waals surface area contributed by atoms with Crippen molar-refractivity contribution in [3.8, 4) is 11.5 Å². The molecule has 0 spiro atoms. The maximum Gasteiger partial charge on any atom is 0.161 e. The third kappa shape index (κ3) is 6.11. The SMILES string of the molecule is CCOc1cc(/C=N/Nc2ccc(F)cc2)ccc1OCc1ccc(Cl)cc1Cl. The van der Waals surface area contributed by atoms with Crippen molar-refractivity contribution in [2.24, 2.45) is 5.10 Å². The van der Waals surface area contributed by atoms with Gasteiger partial charge in [0.25, 0.3) is 0 Å². The molecule has 0 amide bonds. The van der Waals surface area contributed by atoms with E-state index in [1.165, 1.54) is 12.1 Å². The van der Waals surface area contributed by atoms with Crippen LogP contribution < -0.4 is 14.9 Å². The van der Waals surface area contributed by atoms with E-state index in [2.05, 4.69) is 10.5 Å². The van der Waals surface area contributed by atoms with E-state index < -0.39 is 0 Å². The average Bonchev–Trinajstić information content (AvgIpc) is 2.70. The Morgan fingerprint density at radius 1 is 0.966 bits per heavy atom. The molecule has 29 heavy (non-hydrogen) atoms. The fraction of sp³-hybridized carbons (Fsp3) is 0.136. The van der Waals surface area contributed by atoms with Crippen LogP contribution in [-0.2, 0) is 6.61 Å². The van der Waals surface area contributed by atoms with Gasteiger partial charge in [-0.05, 0) is 67.1 Å². The quantitative estimate of drug-likeness (QED) is 0.323. The van der Waals surface area contributed by atoms with Crippen molar-refractivity contribution in [3.05, 3.63) is 87.7 Å². The Kier molecular flexibility index (Phi) is 7.33. The Hall–Kier alpha value is -2.76. The molecule has 3 rings (SSSR count). The number of hydrazone groups is 1. The van der Waals surface area contributed by atoms with E-state index in [1.54, 1.807) is 30.5 Å². The van der Waals surface area contributed by atoms with Crippen LogP contribution in [0.15, 0.2) is 65.8 Å². The lowest BCUT2D eigenvalue weighted by Gasteiger charge is -2.13. The third-order valence-corrected chi connectivity index (χ3v) is 4.50. The van der Waals surface area contributed by atoms with Crippen molar-refractivity contribution in [1.82, 2.24) is 0 Å². The van der Waals surface area contributed by atoms with Gasteiger partial charge in [0.15, 0.2) is 11.5 Å². The van der Waals surface area contributed by atoms with Crippen LogP contribution in [0.25, 0.3) is 0 Å². The molecule has 1 N–H and O–H groups in total. The van der Waals surface area contributed by atoms with Gasteiger partial charge in [0.05, 0.1) is 18.5 Å². The predicted molar refractivity (Wildman–Crippen MR) is 116 cm³/mol. The lowest BCUT2D eigenvalue weighted by atomic mass is 10.2. The summed E-state index contributed by atoms with van der Waals surface area (Å²) >= 11 is 12.1. The first-order valence-corrected chi connectivity index (χ1v) is 9.69. The smallest absolute Gasteiger partial charge is 0.161 e. The number of anilines is 1. The lowest BCUT2D eigenvalue weighted by molar-refractivity contribution is 0.269. The number of hydrogen-bond acceptors (Lipinski definition) is 4. The summed E-state index contributed by atoms with van der Waals surface area (Å²) in [7, 11) is 0. The number of benzene rings is 3. The van der Waals surface area contributed by atoms with Gasteiger partial charge in [0, 0.05) is 15.6 Å². The fourth-order valence-electron chi connectivity index (χ4n) is 2.49. The van der Waals surface area contributed by atoms with E-state index >= 15 is 0 Å². The molecule has 0 aliphatic heterocycles. The normalized spacial score (nSPS) is 10.9. The van der Waals surface area contributed by atoms with Gasteiger partial charge in [-0.3, -0.25) is 5.43 Å². The number of nitrogens with one attached hydrogen (secondary N) is 1.